The molecule has 122 valence electrons. The van der Waals surface area contributed by atoms with Crippen LogP contribution in [0.2, 0.25) is 0 Å². The van der Waals surface area contributed by atoms with Crippen molar-refractivity contribution in [2.24, 2.45) is 5.92 Å². The van der Waals surface area contributed by atoms with Gasteiger partial charge in [0.05, 0.1) is 0 Å². The van der Waals surface area contributed by atoms with Crippen LogP contribution in [0.25, 0.3) is 0 Å². The van der Waals surface area contributed by atoms with Gasteiger partial charge in [0.15, 0.2) is 0 Å². The Kier molecular flexibility index (Phi) is 6.49. The van der Waals surface area contributed by atoms with Gasteiger partial charge >= 0.3 is 6.09 Å². The van der Waals surface area contributed by atoms with Gasteiger partial charge in [-0.05, 0) is 39.5 Å². The van der Waals surface area contributed by atoms with Gasteiger partial charge in [0.1, 0.15) is 12.1 Å². The van der Waals surface area contributed by atoms with Crippen molar-refractivity contribution in [1.82, 2.24) is 10.2 Å². The molecule has 0 radical (unpaired) electrons. The fraction of sp³-hybridized carbons (Fsp3) is 0.875. The Morgan fingerprint density at radius 3 is 2.43 bits per heavy atom. The molecule has 5 heteroatoms. The molecular weight excluding hydrogens is 268 g/mol. The molecule has 5 nitrogen and oxygen atoms in total. The summed E-state index contributed by atoms with van der Waals surface area (Å²) in [7, 11) is 1.59. The van der Waals surface area contributed by atoms with Crippen LogP contribution < -0.4 is 5.32 Å². The maximum Gasteiger partial charge on any atom is 0.410 e. The number of amides is 2. The van der Waals surface area contributed by atoms with Crippen molar-refractivity contribution in [3.05, 3.63) is 0 Å². The third-order valence-corrected chi connectivity index (χ3v) is 3.87. The summed E-state index contributed by atoms with van der Waals surface area (Å²) in [4.78, 5) is 25.2. The molecule has 0 aromatic rings. The van der Waals surface area contributed by atoms with E-state index in [0.29, 0.717) is 5.92 Å². The largest absolute Gasteiger partial charge is 0.444 e. The van der Waals surface area contributed by atoms with E-state index in [1.54, 1.807) is 7.05 Å². The van der Waals surface area contributed by atoms with E-state index in [1.807, 2.05) is 20.8 Å². The topological polar surface area (TPSA) is 58.6 Å². The lowest BCUT2D eigenvalue weighted by molar-refractivity contribution is -0.123. The summed E-state index contributed by atoms with van der Waals surface area (Å²) in [6.45, 7) is 7.65. The Labute approximate surface area is 128 Å². The molecule has 0 aromatic heterocycles. The number of likely N-dealkylation sites (N-methyl/N-ethyl adjacent to an activating group) is 1. The smallest absolute Gasteiger partial charge is 0.410 e. The number of rotatable bonds is 4. The zero-order valence-electron chi connectivity index (χ0n) is 14.1. The van der Waals surface area contributed by atoms with Gasteiger partial charge in [-0.1, -0.05) is 26.2 Å². The molecule has 21 heavy (non-hydrogen) atoms. The number of hydrogen-bond donors (Lipinski definition) is 1. The van der Waals surface area contributed by atoms with Crippen LogP contribution in [-0.2, 0) is 9.53 Å². The number of carbonyl (C=O) groups excluding carboxylic acids is 2. The van der Waals surface area contributed by atoms with Gasteiger partial charge in [-0.25, -0.2) is 4.79 Å². The highest BCUT2D eigenvalue weighted by atomic mass is 16.6. The summed E-state index contributed by atoms with van der Waals surface area (Å²) in [5.74, 6) is 0.461. The first-order valence-electron chi connectivity index (χ1n) is 7.96. The van der Waals surface area contributed by atoms with Crippen LogP contribution in [0.3, 0.4) is 0 Å². The van der Waals surface area contributed by atoms with Crippen LogP contribution in [0.1, 0.15) is 59.8 Å². The Hall–Kier alpha value is -1.26. The van der Waals surface area contributed by atoms with Crippen molar-refractivity contribution in [2.75, 3.05) is 13.6 Å². The highest BCUT2D eigenvalue weighted by Crippen LogP contribution is 2.26. The predicted molar refractivity (Wildman–Crippen MR) is 83.0 cm³/mol. The molecule has 0 spiro atoms. The lowest BCUT2D eigenvalue weighted by Crippen LogP contribution is -2.47. The van der Waals surface area contributed by atoms with E-state index in [-0.39, 0.29) is 18.5 Å². The molecule has 0 aromatic carbocycles. The number of ether oxygens (including phenoxy) is 1. The number of hydrogen-bond acceptors (Lipinski definition) is 3. The Bertz CT molecular complexity index is 363. The van der Waals surface area contributed by atoms with Gasteiger partial charge in [0.25, 0.3) is 0 Å². The maximum absolute atomic E-state index is 12.1. The molecule has 1 aliphatic carbocycles. The molecule has 1 fully saturated rings. The molecule has 1 saturated carbocycles. The standard InChI is InChI=1S/C16H30N2O3/c1-6-12-9-7-8-10-13(12)17-14(19)11-18(5)15(20)21-16(2,3)4/h12-13H,6-11H2,1-5H3,(H,17,19). The second-order valence-electron chi connectivity index (χ2n) is 6.96. The van der Waals surface area contributed by atoms with Crippen LogP contribution in [-0.4, -0.2) is 42.1 Å². The average Bonchev–Trinajstić information content (AvgIpc) is 2.37. The molecule has 0 bridgehead atoms. The molecule has 1 rings (SSSR count). The molecule has 0 heterocycles. The van der Waals surface area contributed by atoms with E-state index >= 15 is 0 Å². The van der Waals surface area contributed by atoms with E-state index in [2.05, 4.69) is 12.2 Å². The van der Waals surface area contributed by atoms with Crippen LogP contribution in [0.15, 0.2) is 0 Å². The normalized spacial score (nSPS) is 22.5. The Balaban J connectivity index is 2.43. The molecule has 2 amide bonds. The van der Waals surface area contributed by atoms with Crippen molar-refractivity contribution in [1.29, 1.82) is 0 Å². The summed E-state index contributed by atoms with van der Waals surface area (Å²) >= 11 is 0. The summed E-state index contributed by atoms with van der Waals surface area (Å²) < 4.78 is 5.24. The predicted octanol–water partition coefficient (Wildman–Crippen LogP) is 2.94. The second kappa shape index (κ2) is 7.66. The highest BCUT2D eigenvalue weighted by Gasteiger charge is 2.26. The minimum Gasteiger partial charge on any atom is -0.444 e. The molecular formula is C16H30N2O3. The van der Waals surface area contributed by atoms with Crippen molar-refractivity contribution in [3.8, 4) is 0 Å². The van der Waals surface area contributed by atoms with Gasteiger partial charge in [0.2, 0.25) is 5.91 Å². The van der Waals surface area contributed by atoms with Crippen molar-refractivity contribution < 1.29 is 14.3 Å². The van der Waals surface area contributed by atoms with Crippen LogP contribution in [0.5, 0.6) is 0 Å². The summed E-state index contributed by atoms with van der Waals surface area (Å²) in [6, 6.07) is 0.253. The summed E-state index contributed by atoms with van der Waals surface area (Å²) in [5.41, 5.74) is -0.543. The Morgan fingerprint density at radius 2 is 1.86 bits per heavy atom. The van der Waals surface area contributed by atoms with Crippen molar-refractivity contribution in [3.63, 3.8) is 0 Å². The molecule has 1 aliphatic rings. The van der Waals surface area contributed by atoms with Gasteiger partial charge in [-0.3, -0.25) is 4.79 Å². The summed E-state index contributed by atoms with van der Waals surface area (Å²) in [5, 5.41) is 3.08. The summed E-state index contributed by atoms with van der Waals surface area (Å²) in [6.07, 6.45) is 5.27. The SMILES string of the molecule is CCC1CCCCC1NC(=O)CN(C)C(=O)OC(C)(C)C. The van der Waals surface area contributed by atoms with Crippen molar-refractivity contribution >= 4 is 12.0 Å². The van der Waals surface area contributed by atoms with E-state index in [0.717, 1.165) is 12.8 Å². The molecule has 2 unspecified atom stereocenters. The second-order valence-corrected chi connectivity index (χ2v) is 6.96. The molecule has 0 saturated heterocycles. The first-order valence-corrected chi connectivity index (χ1v) is 7.96. The first-order chi connectivity index (χ1) is 9.73. The van der Waals surface area contributed by atoms with E-state index in [9.17, 15) is 9.59 Å². The fourth-order valence-corrected chi connectivity index (χ4v) is 2.76. The molecule has 2 atom stereocenters. The monoisotopic (exact) mass is 298 g/mol. The highest BCUT2D eigenvalue weighted by molar-refractivity contribution is 5.82. The van der Waals surface area contributed by atoms with Gasteiger partial charge in [-0.2, -0.15) is 0 Å². The van der Waals surface area contributed by atoms with E-state index in [4.69, 9.17) is 4.74 Å². The average molecular weight is 298 g/mol. The minimum atomic E-state index is -0.543. The molecule has 1 N–H and O–H groups in total. The van der Waals surface area contributed by atoms with Crippen molar-refractivity contribution in [2.45, 2.75) is 71.4 Å². The first kappa shape index (κ1) is 17.8. The maximum atomic E-state index is 12.1. The van der Waals surface area contributed by atoms with Gasteiger partial charge < -0.3 is 15.0 Å². The van der Waals surface area contributed by atoms with E-state index < -0.39 is 11.7 Å². The number of carbonyl (C=O) groups is 2. The fourth-order valence-electron chi connectivity index (χ4n) is 2.76. The zero-order chi connectivity index (χ0) is 16.0. The van der Waals surface area contributed by atoms with Crippen LogP contribution in [0, 0.1) is 5.92 Å². The number of nitrogens with one attached hydrogen (secondary N) is 1. The Morgan fingerprint density at radius 1 is 1.24 bits per heavy atom. The third kappa shape index (κ3) is 6.36. The van der Waals surface area contributed by atoms with Crippen LogP contribution in [0.4, 0.5) is 4.79 Å². The molecule has 0 aliphatic heterocycles. The minimum absolute atomic E-state index is 0.0435. The third-order valence-electron chi connectivity index (χ3n) is 3.87. The van der Waals surface area contributed by atoms with Crippen LogP contribution >= 0.6 is 0 Å². The lowest BCUT2D eigenvalue weighted by Gasteiger charge is -2.32. The van der Waals surface area contributed by atoms with E-state index in [1.165, 1.54) is 24.2 Å². The van der Waals surface area contributed by atoms with Gasteiger partial charge in [-0.15, -0.1) is 0 Å². The number of nitrogens with zero attached hydrogens (tertiary/aromatic N) is 1. The quantitative estimate of drug-likeness (QED) is 0.868. The zero-order valence-corrected chi connectivity index (χ0v) is 14.1. The lowest BCUT2D eigenvalue weighted by atomic mass is 9.83. The van der Waals surface area contributed by atoms with Gasteiger partial charge in [0, 0.05) is 13.1 Å².